The summed E-state index contributed by atoms with van der Waals surface area (Å²) in [5.41, 5.74) is 0.485. The van der Waals surface area contributed by atoms with Crippen molar-refractivity contribution in [2.75, 3.05) is 26.1 Å². The Balaban J connectivity index is 2.12. The summed E-state index contributed by atoms with van der Waals surface area (Å²) in [6.45, 7) is -0.222. The predicted octanol–water partition coefficient (Wildman–Crippen LogP) is 2.28. The van der Waals surface area contributed by atoms with Crippen molar-refractivity contribution < 1.29 is 28.6 Å². The van der Waals surface area contributed by atoms with Gasteiger partial charge in [-0.15, -0.1) is 0 Å². The number of benzene rings is 2. The first-order valence-corrected chi connectivity index (χ1v) is 7.33. The number of para-hydroxylation sites is 1. The van der Waals surface area contributed by atoms with E-state index in [0.29, 0.717) is 5.75 Å². The van der Waals surface area contributed by atoms with Gasteiger partial charge in [-0.1, -0.05) is 18.2 Å². The summed E-state index contributed by atoms with van der Waals surface area (Å²) in [6, 6.07) is 13.0. The molecule has 0 unspecified atom stereocenters. The third-order valence-corrected chi connectivity index (χ3v) is 3.17. The molecule has 0 aliphatic carbocycles. The number of carbonyl (C=O) groups excluding carboxylic acids is 3. The van der Waals surface area contributed by atoms with E-state index >= 15 is 0 Å². The van der Waals surface area contributed by atoms with Crippen molar-refractivity contribution in [1.82, 2.24) is 0 Å². The van der Waals surface area contributed by atoms with Gasteiger partial charge < -0.3 is 19.5 Å². The van der Waals surface area contributed by atoms with E-state index in [1.807, 2.05) is 6.07 Å². The molecule has 2 aromatic carbocycles. The van der Waals surface area contributed by atoms with Crippen LogP contribution >= 0.6 is 0 Å². The van der Waals surface area contributed by atoms with Crippen LogP contribution in [0.2, 0.25) is 0 Å². The second kappa shape index (κ2) is 8.49. The Morgan fingerprint density at radius 1 is 0.880 bits per heavy atom. The van der Waals surface area contributed by atoms with Gasteiger partial charge in [0.1, 0.15) is 5.75 Å². The van der Waals surface area contributed by atoms with Crippen LogP contribution in [-0.2, 0) is 14.3 Å². The largest absolute Gasteiger partial charge is 0.484 e. The number of rotatable bonds is 6. The number of hydrogen-bond donors (Lipinski definition) is 1. The first kappa shape index (κ1) is 18.0. The lowest BCUT2D eigenvalue weighted by molar-refractivity contribution is -0.118. The molecule has 0 radical (unpaired) electrons. The first-order chi connectivity index (χ1) is 12.0. The number of ether oxygens (including phenoxy) is 3. The van der Waals surface area contributed by atoms with Gasteiger partial charge in [-0.25, -0.2) is 9.59 Å². The maximum atomic E-state index is 12.0. The zero-order valence-electron chi connectivity index (χ0n) is 13.8. The Bertz CT molecular complexity index is 738. The second-order valence-electron chi connectivity index (χ2n) is 4.93. The van der Waals surface area contributed by atoms with E-state index in [1.165, 1.54) is 32.4 Å². The summed E-state index contributed by atoms with van der Waals surface area (Å²) >= 11 is 0. The van der Waals surface area contributed by atoms with Crippen LogP contribution in [0.5, 0.6) is 5.75 Å². The highest BCUT2D eigenvalue weighted by molar-refractivity contribution is 5.99. The molecule has 130 valence electrons. The number of methoxy groups -OCH3 is 2. The predicted molar refractivity (Wildman–Crippen MR) is 89.7 cm³/mol. The minimum absolute atomic E-state index is 0.115. The monoisotopic (exact) mass is 343 g/mol. The van der Waals surface area contributed by atoms with Crippen LogP contribution in [0.3, 0.4) is 0 Å². The maximum absolute atomic E-state index is 12.0. The topological polar surface area (TPSA) is 90.9 Å². The molecule has 0 spiro atoms. The summed E-state index contributed by atoms with van der Waals surface area (Å²) in [5.74, 6) is -1.17. The molecule has 0 aliphatic heterocycles. The Hall–Kier alpha value is -3.35. The fourth-order valence-corrected chi connectivity index (χ4v) is 2.03. The lowest BCUT2D eigenvalue weighted by Crippen LogP contribution is -2.20. The Morgan fingerprint density at radius 3 is 1.96 bits per heavy atom. The molecule has 0 saturated heterocycles. The average molecular weight is 343 g/mol. The van der Waals surface area contributed by atoms with E-state index in [9.17, 15) is 14.4 Å². The van der Waals surface area contributed by atoms with Crippen molar-refractivity contribution in [3.63, 3.8) is 0 Å². The molecule has 2 rings (SSSR count). The highest BCUT2D eigenvalue weighted by Gasteiger charge is 2.15. The fourth-order valence-electron chi connectivity index (χ4n) is 2.03. The molecule has 7 nitrogen and oxygen atoms in total. The summed E-state index contributed by atoms with van der Waals surface area (Å²) in [6.07, 6.45) is 0. The summed E-state index contributed by atoms with van der Waals surface area (Å²) in [7, 11) is 2.44. The van der Waals surface area contributed by atoms with Crippen LogP contribution in [-0.4, -0.2) is 38.7 Å². The van der Waals surface area contributed by atoms with Crippen LogP contribution < -0.4 is 10.1 Å². The molecule has 0 aromatic heterocycles. The Labute approximate surface area is 144 Å². The number of amides is 1. The van der Waals surface area contributed by atoms with E-state index in [2.05, 4.69) is 14.8 Å². The maximum Gasteiger partial charge on any atom is 0.337 e. The zero-order chi connectivity index (χ0) is 18.2. The molecule has 1 N–H and O–H groups in total. The van der Waals surface area contributed by atoms with Gasteiger partial charge >= 0.3 is 11.9 Å². The van der Waals surface area contributed by atoms with Gasteiger partial charge in [-0.2, -0.15) is 0 Å². The molecular formula is C18H17NO6. The standard InChI is InChI=1S/C18H17NO6/c1-23-17(21)12-8-13(18(22)24-2)10-14(9-12)19-16(20)11-25-15-6-4-3-5-7-15/h3-10H,11H2,1-2H3,(H,19,20). The van der Waals surface area contributed by atoms with Crippen LogP contribution in [0.4, 0.5) is 5.69 Å². The normalized spacial score (nSPS) is 9.84. The molecule has 1 amide bonds. The van der Waals surface area contributed by atoms with Crippen molar-refractivity contribution in [1.29, 1.82) is 0 Å². The summed E-state index contributed by atoms with van der Waals surface area (Å²) in [5, 5.41) is 2.57. The van der Waals surface area contributed by atoms with Crippen LogP contribution in [0.1, 0.15) is 20.7 Å². The highest BCUT2D eigenvalue weighted by atomic mass is 16.5. The quantitative estimate of drug-likeness (QED) is 0.809. The van der Waals surface area contributed by atoms with E-state index < -0.39 is 17.8 Å². The minimum atomic E-state index is -0.637. The Morgan fingerprint density at radius 2 is 1.44 bits per heavy atom. The van der Waals surface area contributed by atoms with Gasteiger partial charge in [-0.05, 0) is 30.3 Å². The molecular weight excluding hydrogens is 326 g/mol. The van der Waals surface area contributed by atoms with Gasteiger partial charge in [0.05, 0.1) is 25.3 Å². The van der Waals surface area contributed by atoms with Crippen molar-refractivity contribution in [2.24, 2.45) is 0 Å². The van der Waals surface area contributed by atoms with Crippen LogP contribution in [0, 0.1) is 0 Å². The van der Waals surface area contributed by atoms with Crippen molar-refractivity contribution in [3.05, 3.63) is 59.7 Å². The Kier molecular flexibility index (Phi) is 6.11. The van der Waals surface area contributed by atoms with Crippen molar-refractivity contribution >= 4 is 23.5 Å². The lowest BCUT2D eigenvalue weighted by Gasteiger charge is -2.10. The number of anilines is 1. The third-order valence-electron chi connectivity index (χ3n) is 3.17. The van der Waals surface area contributed by atoms with Gasteiger partial charge in [-0.3, -0.25) is 4.79 Å². The molecule has 25 heavy (non-hydrogen) atoms. The van der Waals surface area contributed by atoms with Gasteiger partial charge in [0.15, 0.2) is 6.61 Å². The van der Waals surface area contributed by atoms with Crippen LogP contribution in [0.15, 0.2) is 48.5 Å². The first-order valence-electron chi connectivity index (χ1n) is 7.33. The lowest BCUT2D eigenvalue weighted by atomic mass is 10.1. The molecule has 2 aromatic rings. The summed E-state index contributed by atoms with van der Waals surface area (Å²) < 4.78 is 14.6. The smallest absolute Gasteiger partial charge is 0.337 e. The van der Waals surface area contributed by atoms with Gasteiger partial charge in [0, 0.05) is 5.69 Å². The number of hydrogen-bond acceptors (Lipinski definition) is 6. The number of esters is 2. The summed E-state index contributed by atoms with van der Waals surface area (Å²) in [4.78, 5) is 35.4. The van der Waals surface area contributed by atoms with E-state index in [0.717, 1.165) is 0 Å². The van der Waals surface area contributed by atoms with Crippen molar-refractivity contribution in [2.45, 2.75) is 0 Å². The van der Waals surface area contributed by atoms with E-state index in [-0.39, 0.29) is 23.4 Å². The van der Waals surface area contributed by atoms with Crippen LogP contribution in [0.25, 0.3) is 0 Å². The van der Waals surface area contributed by atoms with E-state index in [1.54, 1.807) is 24.3 Å². The fraction of sp³-hybridized carbons (Fsp3) is 0.167. The molecule has 7 heteroatoms. The molecule has 0 atom stereocenters. The average Bonchev–Trinajstić information content (AvgIpc) is 2.65. The van der Waals surface area contributed by atoms with E-state index in [4.69, 9.17) is 4.74 Å². The molecule has 0 aliphatic rings. The molecule has 0 saturated carbocycles. The number of nitrogens with one attached hydrogen (secondary N) is 1. The highest BCUT2D eigenvalue weighted by Crippen LogP contribution is 2.17. The van der Waals surface area contributed by atoms with Gasteiger partial charge in [0.2, 0.25) is 0 Å². The number of carbonyl (C=O) groups is 3. The zero-order valence-corrected chi connectivity index (χ0v) is 13.8. The second-order valence-corrected chi connectivity index (χ2v) is 4.93. The van der Waals surface area contributed by atoms with Crippen molar-refractivity contribution in [3.8, 4) is 5.75 Å². The molecule has 0 heterocycles. The minimum Gasteiger partial charge on any atom is -0.484 e. The van der Waals surface area contributed by atoms with Gasteiger partial charge in [0.25, 0.3) is 5.91 Å². The SMILES string of the molecule is COC(=O)c1cc(NC(=O)COc2ccccc2)cc(C(=O)OC)c1. The molecule has 0 fully saturated rings. The molecule has 0 bridgehead atoms. The third kappa shape index (κ3) is 5.07.